The number of imide groups is 1. The Bertz CT molecular complexity index is 792. The molecule has 0 saturated carbocycles. The van der Waals surface area contributed by atoms with Crippen molar-refractivity contribution in [1.82, 2.24) is 20.8 Å². The Balaban J connectivity index is 1.56. The molecule has 1 aromatic heterocycles. The Morgan fingerprint density at radius 2 is 2.00 bits per heavy atom. The minimum atomic E-state index is -0.505. The molecule has 2 atom stereocenters. The molecule has 3 amide bonds. The van der Waals surface area contributed by atoms with Gasteiger partial charge in [0.1, 0.15) is 0 Å². The number of nitrogens with zero attached hydrogens (tertiary/aromatic N) is 2. The predicted molar refractivity (Wildman–Crippen MR) is 89.1 cm³/mol. The molecule has 0 bridgehead atoms. The Kier molecular flexibility index (Phi) is 5.13. The van der Waals surface area contributed by atoms with Crippen molar-refractivity contribution in [2.24, 2.45) is 5.92 Å². The molecule has 0 spiro atoms. The van der Waals surface area contributed by atoms with E-state index in [1.54, 1.807) is 31.2 Å². The highest BCUT2D eigenvalue weighted by Gasteiger charge is 2.34. The van der Waals surface area contributed by atoms with E-state index in [4.69, 9.17) is 4.42 Å². The van der Waals surface area contributed by atoms with Crippen molar-refractivity contribution in [3.63, 3.8) is 0 Å². The number of carbonyl (C=O) groups is 3. The fraction of sp³-hybridized carbons (Fsp3) is 0.312. The number of benzene rings is 1. The van der Waals surface area contributed by atoms with Gasteiger partial charge in [0.25, 0.3) is 5.22 Å². The minimum Gasteiger partial charge on any atom is -0.416 e. The van der Waals surface area contributed by atoms with Gasteiger partial charge in [-0.1, -0.05) is 42.1 Å². The number of carbonyl (C=O) groups excluding carboxylic acids is 3. The number of amides is 3. The van der Waals surface area contributed by atoms with Crippen LogP contribution >= 0.6 is 11.8 Å². The van der Waals surface area contributed by atoms with Crippen molar-refractivity contribution in [3.05, 3.63) is 41.8 Å². The maximum Gasteiger partial charge on any atom is 0.321 e. The molecule has 2 N–H and O–H groups in total. The number of nitrogens with one attached hydrogen (secondary N) is 2. The van der Waals surface area contributed by atoms with Gasteiger partial charge in [0, 0.05) is 18.0 Å². The van der Waals surface area contributed by atoms with E-state index in [0.29, 0.717) is 5.56 Å². The second kappa shape index (κ2) is 7.47. The fourth-order valence-electron chi connectivity index (χ4n) is 2.45. The Labute approximate surface area is 147 Å². The lowest BCUT2D eigenvalue weighted by atomic mass is 9.95. The van der Waals surface area contributed by atoms with E-state index in [9.17, 15) is 14.4 Å². The number of aromatic nitrogens is 2. The SMILES string of the molecule is CC1NC(=O)NC(=O)C1Cc1nnc(SCC(=O)c2ccccc2)o1. The maximum absolute atomic E-state index is 12.1. The van der Waals surface area contributed by atoms with Gasteiger partial charge in [0.05, 0.1) is 11.7 Å². The third-order valence-corrected chi connectivity index (χ3v) is 4.62. The molecule has 0 aliphatic carbocycles. The smallest absolute Gasteiger partial charge is 0.321 e. The summed E-state index contributed by atoms with van der Waals surface area (Å²) in [5.41, 5.74) is 0.623. The molecule has 1 aliphatic heterocycles. The summed E-state index contributed by atoms with van der Waals surface area (Å²) >= 11 is 1.15. The fourth-order valence-corrected chi connectivity index (χ4v) is 3.12. The predicted octanol–water partition coefficient (Wildman–Crippen LogP) is 1.43. The van der Waals surface area contributed by atoms with E-state index in [0.717, 1.165) is 11.8 Å². The van der Waals surface area contributed by atoms with E-state index in [1.807, 2.05) is 6.07 Å². The highest BCUT2D eigenvalue weighted by Crippen LogP contribution is 2.21. The van der Waals surface area contributed by atoms with Crippen LogP contribution in [0.25, 0.3) is 0 Å². The third kappa shape index (κ3) is 4.24. The highest BCUT2D eigenvalue weighted by molar-refractivity contribution is 7.99. The molecule has 3 rings (SSSR count). The maximum atomic E-state index is 12.1. The van der Waals surface area contributed by atoms with Crippen LogP contribution in [-0.4, -0.2) is 39.7 Å². The van der Waals surface area contributed by atoms with Crippen molar-refractivity contribution in [2.75, 3.05) is 5.75 Å². The number of ketones is 1. The topological polar surface area (TPSA) is 114 Å². The molecule has 8 nitrogen and oxygen atoms in total. The molecule has 2 heterocycles. The lowest BCUT2D eigenvalue weighted by Crippen LogP contribution is -2.57. The quantitative estimate of drug-likeness (QED) is 0.591. The van der Waals surface area contributed by atoms with Crippen LogP contribution < -0.4 is 10.6 Å². The molecule has 1 aromatic carbocycles. The van der Waals surface area contributed by atoms with Crippen LogP contribution in [-0.2, 0) is 11.2 Å². The first-order valence-electron chi connectivity index (χ1n) is 7.67. The lowest BCUT2D eigenvalue weighted by molar-refractivity contribution is -0.125. The average molecular weight is 360 g/mol. The second-order valence-electron chi connectivity index (χ2n) is 5.60. The van der Waals surface area contributed by atoms with Crippen molar-refractivity contribution in [3.8, 4) is 0 Å². The molecule has 0 radical (unpaired) electrons. The van der Waals surface area contributed by atoms with E-state index in [2.05, 4.69) is 20.8 Å². The first kappa shape index (κ1) is 17.2. The second-order valence-corrected chi connectivity index (χ2v) is 6.53. The molecule has 130 valence electrons. The van der Waals surface area contributed by atoms with Crippen LogP contribution in [0.4, 0.5) is 4.79 Å². The number of hydrogen-bond acceptors (Lipinski definition) is 7. The van der Waals surface area contributed by atoms with Crippen molar-refractivity contribution in [1.29, 1.82) is 0 Å². The largest absolute Gasteiger partial charge is 0.416 e. The van der Waals surface area contributed by atoms with Crippen molar-refractivity contribution >= 4 is 29.5 Å². The van der Waals surface area contributed by atoms with Crippen molar-refractivity contribution in [2.45, 2.75) is 24.6 Å². The molecule has 1 saturated heterocycles. The number of hydrogen-bond donors (Lipinski definition) is 2. The van der Waals surface area contributed by atoms with E-state index in [-0.39, 0.29) is 41.0 Å². The first-order valence-corrected chi connectivity index (χ1v) is 8.66. The Hall–Kier alpha value is -2.68. The average Bonchev–Trinajstić information content (AvgIpc) is 3.04. The zero-order chi connectivity index (χ0) is 17.8. The summed E-state index contributed by atoms with van der Waals surface area (Å²) < 4.78 is 5.49. The van der Waals surface area contributed by atoms with Gasteiger partial charge in [-0.05, 0) is 6.92 Å². The summed E-state index contributed by atoms with van der Waals surface area (Å²) in [5.74, 6) is -0.418. The molecule has 1 aliphatic rings. The van der Waals surface area contributed by atoms with E-state index in [1.165, 1.54) is 0 Å². The minimum absolute atomic E-state index is 0.0339. The third-order valence-electron chi connectivity index (χ3n) is 3.80. The van der Waals surface area contributed by atoms with Gasteiger partial charge in [-0.25, -0.2) is 4.79 Å². The van der Waals surface area contributed by atoms with Crippen LogP contribution in [0.1, 0.15) is 23.2 Å². The lowest BCUT2D eigenvalue weighted by Gasteiger charge is -2.27. The number of Topliss-reactive ketones (excluding diaryl/α,β-unsaturated/α-hetero) is 1. The van der Waals surface area contributed by atoms with Crippen LogP contribution in [0.5, 0.6) is 0 Å². The van der Waals surface area contributed by atoms with Gasteiger partial charge < -0.3 is 9.73 Å². The molecule has 25 heavy (non-hydrogen) atoms. The summed E-state index contributed by atoms with van der Waals surface area (Å²) in [7, 11) is 0. The molecule has 2 unspecified atom stereocenters. The number of urea groups is 1. The van der Waals surface area contributed by atoms with Crippen LogP contribution in [0.2, 0.25) is 0 Å². The van der Waals surface area contributed by atoms with Crippen LogP contribution in [0.3, 0.4) is 0 Å². The zero-order valence-electron chi connectivity index (χ0n) is 13.4. The van der Waals surface area contributed by atoms with E-state index < -0.39 is 11.9 Å². The number of rotatable bonds is 6. The van der Waals surface area contributed by atoms with Gasteiger partial charge in [0.15, 0.2) is 5.78 Å². The molecule has 1 fully saturated rings. The molecular formula is C16H16N4O4S. The van der Waals surface area contributed by atoms with Gasteiger partial charge in [-0.2, -0.15) is 0 Å². The summed E-state index contributed by atoms with van der Waals surface area (Å²) in [6.45, 7) is 1.74. The molecular weight excluding hydrogens is 344 g/mol. The molecule has 2 aromatic rings. The Morgan fingerprint density at radius 3 is 2.72 bits per heavy atom. The Morgan fingerprint density at radius 1 is 1.24 bits per heavy atom. The summed E-state index contributed by atoms with van der Waals surface area (Å²) in [6, 6.07) is 8.12. The van der Waals surface area contributed by atoms with Gasteiger partial charge in [-0.15, -0.1) is 10.2 Å². The standard InChI is InChI=1S/C16H16N4O4S/c1-9-11(14(22)18-15(23)17-9)7-13-19-20-16(24-13)25-8-12(21)10-5-3-2-4-6-10/h2-6,9,11H,7-8H2,1H3,(H2,17,18,22,23). The summed E-state index contributed by atoms with van der Waals surface area (Å²) in [6.07, 6.45) is 0.216. The normalized spacial score (nSPS) is 20.0. The van der Waals surface area contributed by atoms with Gasteiger partial charge >= 0.3 is 6.03 Å². The highest BCUT2D eigenvalue weighted by atomic mass is 32.2. The van der Waals surface area contributed by atoms with Gasteiger partial charge in [-0.3, -0.25) is 14.9 Å². The monoisotopic (exact) mass is 360 g/mol. The summed E-state index contributed by atoms with van der Waals surface area (Å²) in [4.78, 5) is 35.2. The van der Waals surface area contributed by atoms with Crippen molar-refractivity contribution < 1.29 is 18.8 Å². The van der Waals surface area contributed by atoms with Gasteiger partial charge in [0.2, 0.25) is 11.8 Å². The summed E-state index contributed by atoms with van der Waals surface area (Å²) in [5, 5.41) is 12.9. The van der Waals surface area contributed by atoms with Crippen LogP contribution in [0, 0.1) is 5.92 Å². The number of thioether (sulfide) groups is 1. The first-order chi connectivity index (χ1) is 12.0. The van der Waals surface area contributed by atoms with Crippen LogP contribution in [0.15, 0.2) is 40.0 Å². The molecule has 9 heteroatoms. The van der Waals surface area contributed by atoms with E-state index >= 15 is 0 Å². The zero-order valence-corrected chi connectivity index (χ0v) is 14.2.